The van der Waals surface area contributed by atoms with E-state index in [4.69, 9.17) is 4.52 Å². The Hall–Kier alpha value is -1.72. The molecule has 0 N–H and O–H groups in total. The second kappa shape index (κ2) is 6.65. The largest absolute Gasteiger partial charge is 0.340 e. The second-order valence-electron chi connectivity index (χ2n) is 7.19. The zero-order valence-electron chi connectivity index (χ0n) is 14.6. The van der Waals surface area contributed by atoms with E-state index < -0.39 is 0 Å². The minimum Gasteiger partial charge on any atom is -0.340 e. The van der Waals surface area contributed by atoms with Crippen LogP contribution in [0.4, 0.5) is 0 Å². The summed E-state index contributed by atoms with van der Waals surface area (Å²) in [6.45, 7) is 4.91. The van der Waals surface area contributed by atoms with E-state index in [1.807, 2.05) is 6.92 Å². The molecule has 2 aliphatic rings. The van der Waals surface area contributed by atoms with Crippen molar-refractivity contribution in [3.8, 4) is 0 Å². The summed E-state index contributed by atoms with van der Waals surface area (Å²) < 4.78 is 5.09. The van der Waals surface area contributed by atoms with E-state index in [2.05, 4.69) is 51.3 Å². The molecular formula is C19H26N4O. The SMILES string of the molecule is Cc1nc(CN(C)[C@H]2CCN([C@H]3CCCc4ccccc43)C2)no1. The van der Waals surface area contributed by atoms with Crippen LogP contribution in [0, 0.1) is 6.92 Å². The van der Waals surface area contributed by atoms with E-state index in [0.29, 0.717) is 18.0 Å². The number of benzene rings is 1. The molecule has 4 rings (SSSR count). The number of nitrogens with zero attached hydrogens (tertiary/aromatic N) is 4. The summed E-state index contributed by atoms with van der Waals surface area (Å²) in [5.74, 6) is 1.43. The van der Waals surface area contributed by atoms with Gasteiger partial charge in [0.05, 0.1) is 6.54 Å². The number of hydrogen-bond acceptors (Lipinski definition) is 5. The molecule has 1 fully saturated rings. The highest BCUT2D eigenvalue weighted by Crippen LogP contribution is 2.36. The Bertz CT molecular complexity index is 698. The Morgan fingerprint density at radius 3 is 3.00 bits per heavy atom. The Labute approximate surface area is 143 Å². The molecule has 0 spiro atoms. The number of likely N-dealkylation sites (N-methyl/N-ethyl adjacent to an activating group) is 1. The third-order valence-electron chi connectivity index (χ3n) is 5.56. The molecule has 1 saturated heterocycles. The third kappa shape index (κ3) is 3.10. The highest BCUT2D eigenvalue weighted by Gasteiger charge is 2.33. The van der Waals surface area contributed by atoms with E-state index in [1.54, 1.807) is 11.1 Å². The third-order valence-corrected chi connectivity index (χ3v) is 5.56. The molecule has 0 unspecified atom stereocenters. The van der Waals surface area contributed by atoms with Gasteiger partial charge in [-0.05, 0) is 43.9 Å². The quantitative estimate of drug-likeness (QED) is 0.864. The van der Waals surface area contributed by atoms with Gasteiger partial charge in [-0.25, -0.2) is 0 Å². The van der Waals surface area contributed by atoms with Crippen LogP contribution < -0.4 is 0 Å². The molecule has 128 valence electrons. The summed E-state index contributed by atoms with van der Waals surface area (Å²) in [5, 5.41) is 4.02. The lowest BCUT2D eigenvalue weighted by molar-refractivity contribution is 0.181. The Kier molecular flexibility index (Phi) is 4.37. The summed E-state index contributed by atoms with van der Waals surface area (Å²) in [4.78, 5) is 9.38. The Balaban J connectivity index is 1.41. The van der Waals surface area contributed by atoms with Gasteiger partial charge in [-0.2, -0.15) is 4.98 Å². The van der Waals surface area contributed by atoms with Crippen molar-refractivity contribution in [3.63, 3.8) is 0 Å². The van der Waals surface area contributed by atoms with Gasteiger partial charge in [-0.15, -0.1) is 0 Å². The normalized spacial score (nSPS) is 24.5. The van der Waals surface area contributed by atoms with Crippen molar-refractivity contribution in [1.29, 1.82) is 0 Å². The number of aromatic nitrogens is 2. The van der Waals surface area contributed by atoms with Crippen LogP contribution in [0.5, 0.6) is 0 Å². The fourth-order valence-corrected chi connectivity index (χ4v) is 4.28. The van der Waals surface area contributed by atoms with Gasteiger partial charge in [-0.3, -0.25) is 9.80 Å². The first-order chi connectivity index (χ1) is 11.7. The first kappa shape index (κ1) is 15.8. The zero-order valence-corrected chi connectivity index (χ0v) is 14.6. The number of likely N-dealkylation sites (tertiary alicyclic amines) is 1. The van der Waals surface area contributed by atoms with Crippen molar-refractivity contribution in [1.82, 2.24) is 19.9 Å². The summed E-state index contributed by atoms with van der Waals surface area (Å²) in [6.07, 6.45) is 5.05. The van der Waals surface area contributed by atoms with Gasteiger partial charge in [0.1, 0.15) is 0 Å². The van der Waals surface area contributed by atoms with Crippen molar-refractivity contribution >= 4 is 0 Å². The first-order valence-electron chi connectivity index (χ1n) is 9.02. The number of rotatable bonds is 4. The zero-order chi connectivity index (χ0) is 16.5. The first-order valence-corrected chi connectivity index (χ1v) is 9.02. The van der Waals surface area contributed by atoms with Crippen LogP contribution in [0.2, 0.25) is 0 Å². The van der Waals surface area contributed by atoms with Crippen LogP contribution in [0.25, 0.3) is 0 Å². The molecule has 5 heteroatoms. The summed E-state index contributed by atoms with van der Waals surface area (Å²) in [6, 6.07) is 10.2. The average molecular weight is 326 g/mol. The molecule has 2 aromatic rings. The lowest BCUT2D eigenvalue weighted by Crippen LogP contribution is -2.36. The maximum atomic E-state index is 5.09. The van der Waals surface area contributed by atoms with E-state index in [1.165, 1.54) is 32.2 Å². The van der Waals surface area contributed by atoms with Gasteiger partial charge >= 0.3 is 0 Å². The van der Waals surface area contributed by atoms with Gasteiger partial charge in [0, 0.05) is 32.1 Å². The minimum absolute atomic E-state index is 0.567. The molecule has 1 aliphatic heterocycles. The molecule has 5 nitrogen and oxygen atoms in total. The maximum absolute atomic E-state index is 5.09. The van der Waals surface area contributed by atoms with Gasteiger partial charge in [-0.1, -0.05) is 29.4 Å². The molecule has 0 bridgehead atoms. The molecular weight excluding hydrogens is 300 g/mol. The van der Waals surface area contributed by atoms with Crippen LogP contribution in [0.15, 0.2) is 28.8 Å². The van der Waals surface area contributed by atoms with Crippen molar-refractivity contribution in [2.24, 2.45) is 0 Å². The Morgan fingerprint density at radius 2 is 2.17 bits per heavy atom. The summed E-state index contributed by atoms with van der Waals surface area (Å²) >= 11 is 0. The number of aryl methyl sites for hydroxylation is 2. The van der Waals surface area contributed by atoms with E-state index >= 15 is 0 Å². The van der Waals surface area contributed by atoms with Gasteiger partial charge in [0.15, 0.2) is 5.82 Å². The van der Waals surface area contributed by atoms with E-state index in [9.17, 15) is 0 Å². The van der Waals surface area contributed by atoms with Crippen LogP contribution in [-0.4, -0.2) is 46.1 Å². The number of hydrogen-bond donors (Lipinski definition) is 0. The van der Waals surface area contributed by atoms with Crippen molar-refractivity contribution in [3.05, 3.63) is 47.1 Å². The second-order valence-corrected chi connectivity index (χ2v) is 7.19. The Morgan fingerprint density at radius 1 is 1.29 bits per heavy atom. The van der Waals surface area contributed by atoms with Crippen LogP contribution in [0.3, 0.4) is 0 Å². The van der Waals surface area contributed by atoms with Crippen LogP contribution >= 0.6 is 0 Å². The van der Waals surface area contributed by atoms with Crippen molar-refractivity contribution in [2.75, 3.05) is 20.1 Å². The van der Waals surface area contributed by atoms with Crippen molar-refractivity contribution in [2.45, 2.75) is 51.2 Å². The molecule has 0 saturated carbocycles. The van der Waals surface area contributed by atoms with Gasteiger partial charge in [0.25, 0.3) is 0 Å². The molecule has 24 heavy (non-hydrogen) atoms. The number of fused-ring (bicyclic) bond motifs is 1. The van der Waals surface area contributed by atoms with Gasteiger partial charge in [0.2, 0.25) is 5.89 Å². The predicted molar refractivity (Wildman–Crippen MR) is 92.6 cm³/mol. The van der Waals surface area contributed by atoms with Crippen LogP contribution in [0.1, 0.15) is 48.1 Å². The highest BCUT2D eigenvalue weighted by atomic mass is 16.5. The van der Waals surface area contributed by atoms with E-state index in [-0.39, 0.29) is 0 Å². The van der Waals surface area contributed by atoms with Crippen LogP contribution in [-0.2, 0) is 13.0 Å². The fourth-order valence-electron chi connectivity index (χ4n) is 4.28. The predicted octanol–water partition coefficient (Wildman–Crippen LogP) is 2.96. The van der Waals surface area contributed by atoms with Crippen molar-refractivity contribution < 1.29 is 4.52 Å². The average Bonchev–Trinajstić information content (AvgIpc) is 3.23. The molecule has 1 aliphatic carbocycles. The molecule has 1 aromatic carbocycles. The molecule has 0 amide bonds. The molecule has 2 heterocycles. The van der Waals surface area contributed by atoms with E-state index in [0.717, 1.165) is 18.9 Å². The summed E-state index contributed by atoms with van der Waals surface area (Å²) in [7, 11) is 2.18. The topological polar surface area (TPSA) is 45.4 Å². The standard InChI is InChI=1S/C19H26N4O/c1-14-20-19(21-24-14)13-22(2)16-10-11-23(12-16)18-9-5-7-15-6-3-4-8-17(15)18/h3-4,6,8,16,18H,5,7,9-13H2,1-2H3/t16-,18-/m0/s1. The lowest BCUT2D eigenvalue weighted by Gasteiger charge is -2.34. The molecule has 2 atom stereocenters. The monoisotopic (exact) mass is 326 g/mol. The molecule has 1 aromatic heterocycles. The highest BCUT2D eigenvalue weighted by molar-refractivity contribution is 5.32. The summed E-state index contributed by atoms with van der Waals surface area (Å²) in [5.41, 5.74) is 3.11. The maximum Gasteiger partial charge on any atom is 0.223 e. The fraction of sp³-hybridized carbons (Fsp3) is 0.579. The van der Waals surface area contributed by atoms with Gasteiger partial charge < -0.3 is 4.52 Å². The lowest BCUT2D eigenvalue weighted by atomic mass is 9.87. The smallest absolute Gasteiger partial charge is 0.223 e. The molecule has 0 radical (unpaired) electrons. The minimum atomic E-state index is 0.567.